The zero-order chi connectivity index (χ0) is 21.5. The molecule has 0 aliphatic carbocycles. The van der Waals surface area contributed by atoms with Crippen LogP contribution in [0.5, 0.6) is 5.75 Å². The van der Waals surface area contributed by atoms with Crippen LogP contribution in [0.15, 0.2) is 18.2 Å². The van der Waals surface area contributed by atoms with E-state index in [0.717, 1.165) is 6.07 Å². The number of amides is 3. The van der Waals surface area contributed by atoms with Gasteiger partial charge in [0.05, 0.1) is 17.7 Å². The van der Waals surface area contributed by atoms with E-state index in [1.165, 1.54) is 12.1 Å². The predicted octanol–water partition coefficient (Wildman–Crippen LogP) is 1.98. The van der Waals surface area contributed by atoms with Crippen molar-refractivity contribution in [1.82, 2.24) is 15.1 Å². The molecular weight excluding hydrogens is 403 g/mol. The first-order valence-electron chi connectivity index (χ1n) is 10.0. The molecule has 3 heterocycles. The maximum Gasteiger partial charge on any atom is 0.416 e. The molecule has 7 nitrogen and oxygen atoms in total. The van der Waals surface area contributed by atoms with Crippen LogP contribution in [0, 0.1) is 5.92 Å². The van der Waals surface area contributed by atoms with Gasteiger partial charge < -0.3 is 25.0 Å². The topological polar surface area (TPSA) is 82.1 Å². The van der Waals surface area contributed by atoms with Gasteiger partial charge in [0.25, 0.3) is 0 Å². The van der Waals surface area contributed by atoms with E-state index < -0.39 is 17.5 Å². The average molecular weight is 427 g/mol. The molecule has 2 atom stereocenters. The number of fused-ring (bicyclic) bond motifs is 1. The molecule has 1 aromatic carbocycles. The van der Waals surface area contributed by atoms with E-state index in [9.17, 15) is 27.9 Å². The fraction of sp³-hybridized carbons (Fsp3) is 0.600. The summed E-state index contributed by atoms with van der Waals surface area (Å²) in [6.45, 7) is 2.02. The number of carbonyl (C=O) groups excluding carboxylic acids is 2. The number of carbonyl (C=O) groups is 2. The molecule has 0 unspecified atom stereocenters. The highest BCUT2D eigenvalue weighted by Gasteiger charge is 2.40. The van der Waals surface area contributed by atoms with E-state index in [0.29, 0.717) is 39.0 Å². The lowest BCUT2D eigenvalue weighted by Gasteiger charge is -2.46. The lowest BCUT2D eigenvalue weighted by Crippen LogP contribution is -2.64. The number of hydrogen-bond donors (Lipinski definition) is 2. The van der Waals surface area contributed by atoms with Gasteiger partial charge in [-0.3, -0.25) is 4.79 Å². The van der Waals surface area contributed by atoms with Gasteiger partial charge in [0.15, 0.2) is 0 Å². The van der Waals surface area contributed by atoms with E-state index >= 15 is 0 Å². The molecule has 3 saturated heterocycles. The Morgan fingerprint density at radius 2 is 2.00 bits per heavy atom. The van der Waals surface area contributed by atoms with Gasteiger partial charge in [0.1, 0.15) is 12.4 Å². The summed E-state index contributed by atoms with van der Waals surface area (Å²) >= 11 is 0. The molecule has 3 aliphatic rings. The summed E-state index contributed by atoms with van der Waals surface area (Å²) < 4.78 is 45.0. The summed E-state index contributed by atoms with van der Waals surface area (Å²) in [5.74, 6) is -0.448. The molecule has 30 heavy (non-hydrogen) atoms. The number of phenolic OH excluding ortho intramolecular Hbond substituents is 1. The van der Waals surface area contributed by atoms with Crippen LogP contribution in [-0.4, -0.2) is 71.8 Å². The van der Waals surface area contributed by atoms with Crippen LogP contribution in [0.4, 0.5) is 18.0 Å². The number of aromatic hydroxyl groups is 1. The highest BCUT2D eigenvalue weighted by Crippen LogP contribution is 2.35. The van der Waals surface area contributed by atoms with Crippen molar-refractivity contribution in [2.24, 2.45) is 5.92 Å². The molecule has 0 spiro atoms. The number of phenols is 1. The molecule has 0 saturated carbocycles. The summed E-state index contributed by atoms with van der Waals surface area (Å²) in [5, 5.41) is 12.2. The number of benzene rings is 1. The molecule has 0 bridgehead atoms. The van der Waals surface area contributed by atoms with E-state index in [-0.39, 0.29) is 48.6 Å². The first-order chi connectivity index (χ1) is 14.2. The normalized spacial score (nSPS) is 24.8. The molecule has 10 heteroatoms. The minimum atomic E-state index is -4.51. The third kappa shape index (κ3) is 4.33. The van der Waals surface area contributed by atoms with Crippen LogP contribution in [0.25, 0.3) is 0 Å². The van der Waals surface area contributed by atoms with Gasteiger partial charge in [0.2, 0.25) is 5.91 Å². The van der Waals surface area contributed by atoms with Gasteiger partial charge in [-0.05, 0) is 42.9 Å². The Hall–Kier alpha value is -2.49. The summed E-state index contributed by atoms with van der Waals surface area (Å²) in [6, 6.07) is 3.02. The number of hydrogen-bond acceptors (Lipinski definition) is 4. The monoisotopic (exact) mass is 427 g/mol. The van der Waals surface area contributed by atoms with Crippen molar-refractivity contribution in [2.75, 3.05) is 32.8 Å². The highest BCUT2D eigenvalue weighted by atomic mass is 19.4. The SMILES string of the molecule is O=C1CO[C@H]2CCN(C(=O)N3CC(CCc4ccc(O)cc4C(F)(F)F)C3)C[C@H]2N1. The van der Waals surface area contributed by atoms with E-state index in [1.807, 2.05) is 0 Å². The average Bonchev–Trinajstić information content (AvgIpc) is 2.66. The molecule has 4 rings (SSSR count). The Morgan fingerprint density at radius 3 is 2.73 bits per heavy atom. The summed E-state index contributed by atoms with van der Waals surface area (Å²) in [4.78, 5) is 27.6. The predicted molar refractivity (Wildman–Crippen MR) is 99.7 cm³/mol. The molecule has 2 N–H and O–H groups in total. The molecule has 3 fully saturated rings. The van der Waals surface area contributed by atoms with Crippen LogP contribution >= 0.6 is 0 Å². The Labute approximate surface area is 171 Å². The van der Waals surface area contributed by atoms with Crippen LogP contribution in [0.1, 0.15) is 24.0 Å². The molecular formula is C20H24F3N3O4. The number of nitrogens with zero attached hydrogens (tertiary/aromatic N) is 2. The molecule has 164 valence electrons. The van der Waals surface area contributed by atoms with Crippen LogP contribution < -0.4 is 5.32 Å². The summed E-state index contributed by atoms with van der Waals surface area (Å²) in [6.07, 6.45) is -3.15. The van der Waals surface area contributed by atoms with Gasteiger partial charge in [0, 0.05) is 26.2 Å². The first kappa shape index (κ1) is 20.8. The van der Waals surface area contributed by atoms with Crippen molar-refractivity contribution >= 4 is 11.9 Å². The number of alkyl halides is 3. The number of ether oxygens (including phenoxy) is 1. The molecule has 0 radical (unpaired) electrons. The third-order valence-electron chi connectivity index (χ3n) is 6.04. The summed E-state index contributed by atoms with van der Waals surface area (Å²) in [7, 11) is 0. The zero-order valence-electron chi connectivity index (χ0n) is 16.3. The molecule has 3 aliphatic heterocycles. The van der Waals surface area contributed by atoms with Gasteiger partial charge >= 0.3 is 12.2 Å². The molecule has 3 amide bonds. The van der Waals surface area contributed by atoms with Gasteiger partial charge in [-0.2, -0.15) is 13.2 Å². The van der Waals surface area contributed by atoms with E-state index in [4.69, 9.17) is 4.74 Å². The second-order valence-corrected chi connectivity index (χ2v) is 8.19. The minimum Gasteiger partial charge on any atom is -0.508 e. The fourth-order valence-electron chi connectivity index (χ4n) is 4.39. The smallest absolute Gasteiger partial charge is 0.416 e. The van der Waals surface area contributed by atoms with E-state index in [1.54, 1.807) is 9.80 Å². The zero-order valence-corrected chi connectivity index (χ0v) is 16.3. The van der Waals surface area contributed by atoms with Crippen LogP contribution in [0.3, 0.4) is 0 Å². The lowest BCUT2D eigenvalue weighted by atomic mass is 9.91. The molecule has 0 aromatic heterocycles. The second-order valence-electron chi connectivity index (χ2n) is 8.19. The minimum absolute atomic E-state index is 0.0556. The number of morpholine rings is 1. The number of piperidine rings is 1. The van der Waals surface area contributed by atoms with Crippen LogP contribution in [0.2, 0.25) is 0 Å². The maximum absolute atomic E-state index is 13.2. The standard InChI is InChI=1S/C20H24F3N3O4/c21-20(22,23)15-7-14(27)4-3-13(15)2-1-12-8-26(9-12)19(29)25-6-5-17-16(10-25)24-18(28)11-30-17/h3-4,7,12,16-17,27H,1-2,5-6,8-11H2,(H,24,28)/t16-,17+/m1/s1. The van der Waals surface area contributed by atoms with Crippen molar-refractivity contribution in [2.45, 2.75) is 37.6 Å². The Balaban J connectivity index is 1.27. The highest BCUT2D eigenvalue weighted by molar-refractivity contribution is 5.79. The Morgan fingerprint density at radius 1 is 1.23 bits per heavy atom. The van der Waals surface area contributed by atoms with Crippen molar-refractivity contribution in [1.29, 1.82) is 0 Å². The Kier molecular flexibility index (Phi) is 5.52. The summed E-state index contributed by atoms with van der Waals surface area (Å²) in [5.41, 5.74) is -0.658. The second kappa shape index (κ2) is 7.98. The Bertz CT molecular complexity index is 826. The number of likely N-dealkylation sites (tertiary alicyclic amines) is 2. The van der Waals surface area contributed by atoms with Crippen LogP contribution in [-0.2, 0) is 22.1 Å². The number of rotatable bonds is 3. The van der Waals surface area contributed by atoms with Gasteiger partial charge in [-0.15, -0.1) is 0 Å². The first-order valence-corrected chi connectivity index (χ1v) is 10.0. The quantitative estimate of drug-likeness (QED) is 0.773. The van der Waals surface area contributed by atoms with Gasteiger partial charge in [-0.25, -0.2) is 4.79 Å². The fourth-order valence-corrected chi connectivity index (χ4v) is 4.39. The third-order valence-corrected chi connectivity index (χ3v) is 6.04. The maximum atomic E-state index is 13.2. The largest absolute Gasteiger partial charge is 0.508 e. The van der Waals surface area contributed by atoms with Gasteiger partial charge in [-0.1, -0.05) is 6.07 Å². The number of halogens is 3. The van der Waals surface area contributed by atoms with Crippen molar-refractivity contribution in [3.63, 3.8) is 0 Å². The van der Waals surface area contributed by atoms with E-state index in [2.05, 4.69) is 5.32 Å². The lowest BCUT2D eigenvalue weighted by molar-refractivity contribution is -0.140. The van der Waals surface area contributed by atoms with Crippen molar-refractivity contribution in [3.05, 3.63) is 29.3 Å². The van der Waals surface area contributed by atoms with Crippen molar-refractivity contribution < 1.29 is 32.6 Å². The van der Waals surface area contributed by atoms with Crippen molar-refractivity contribution in [3.8, 4) is 5.75 Å². The number of urea groups is 1. The number of aryl methyl sites for hydroxylation is 1. The number of nitrogens with one attached hydrogen (secondary N) is 1. The molecule has 1 aromatic rings.